The zero-order chi connectivity index (χ0) is 17.4. The van der Waals surface area contributed by atoms with E-state index in [1.165, 1.54) is 6.26 Å². The summed E-state index contributed by atoms with van der Waals surface area (Å²) in [4.78, 5) is 16.8. The number of nitrogens with one attached hydrogen (secondary N) is 1. The Labute approximate surface area is 152 Å². The minimum atomic E-state index is -0.217. The first-order valence-electron chi connectivity index (χ1n) is 7.70. The first-order valence-corrected chi connectivity index (χ1v) is 8.49. The number of halogens is 1. The van der Waals surface area contributed by atoms with Gasteiger partial charge in [-0.05, 0) is 46.6 Å². The van der Waals surface area contributed by atoms with E-state index in [1.54, 1.807) is 6.07 Å². The van der Waals surface area contributed by atoms with Gasteiger partial charge in [-0.2, -0.15) is 0 Å². The fraction of sp³-hybridized carbons (Fsp3) is 0.0526. The van der Waals surface area contributed by atoms with E-state index in [0.29, 0.717) is 15.9 Å². The van der Waals surface area contributed by atoms with E-state index >= 15 is 0 Å². The van der Waals surface area contributed by atoms with Gasteiger partial charge in [0.05, 0.1) is 11.3 Å². The van der Waals surface area contributed by atoms with Crippen LogP contribution in [0.3, 0.4) is 0 Å². The molecule has 1 aromatic carbocycles. The number of anilines is 1. The smallest absolute Gasteiger partial charge is 0.258 e. The molecule has 4 rings (SSSR count). The normalized spacial score (nSPS) is 11.0. The van der Waals surface area contributed by atoms with Gasteiger partial charge < -0.3 is 14.1 Å². The zero-order valence-electron chi connectivity index (χ0n) is 13.4. The molecule has 0 aliphatic carbocycles. The van der Waals surface area contributed by atoms with Crippen LogP contribution in [0.5, 0.6) is 0 Å². The highest BCUT2D eigenvalue weighted by atomic mass is 79.9. The van der Waals surface area contributed by atoms with E-state index in [2.05, 4.69) is 26.2 Å². The van der Waals surface area contributed by atoms with E-state index in [1.807, 2.05) is 60.1 Å². The number of carbonyl (C=O) groups is 1. The molecule has 0 radical (unpaired) electrons. The van der Waals surface area contributed by atoms with Gasteiger partial charge >= 0.3 is 0 Å². The van der Waals surface area contributed by atoms with Crippen LogP contribution in [0.25, 0.3) is 16.9 Å². The van der Waals surface area contributed by atoms with Crippen LogP contribution >= 0.6 is 15.9 Å². The molecule has 1 amide bonds. The van der Waals surface area contributed by atoms with E-state index in [0.717, 1.165) is 22.5 Å². The quantitative estimate of drug-likeness (QED) is 0.535. The Morgan fingerprint density at radius 1 is 1.24 bits per heavy atom. The molecule has 5 nitrogen and oxygen atoms in total. The number of benzene rings is 1. The van der Waals surface area contributed by atoms with Gasteiger partial charge in [0.1, 0.15) is 11.9 Å². The third kappa shape index (κ3) is 3.08. The molecule has 4 aromatic rings. The molecule has 25 heavy (non-hydrogen) atoms. The summed E-state index contributed by atoms with van der Waals surface area (Å²) < 4.78 is 7.62. The van der Waals surface area contributed by atoms with Gasteiger partial charge in [0.2, 0.25) is 0 Å². The summed E-state index contributed by atoms with van der Waals surface area (Å²) in [5.41, 5.74) is 5.14. The molecular formula is C19H14BrN3O2. The summed E-state index contributed by atoms with van der Waals surface area (Å²) in [7, 11) is 0. The van der Waals surface area contributed by atoms with Gasteiger partial charge in [-0.15, -0.1) is 0 Å². The lowest BCUT2D eigenvalue weighted by Gasteiger charge is -2.04. The van der Waals surface area contributed by atoms with E-state index in [9.17, 15) is 4.79 Å². The summed E-state index contributed by atoms with van der Waals surface area (Å²) >= 11 is 3.19. The van der Waals surface area contributed by atoms with Crippen molar-refractivity contribution in [3.63, 3.8) is 0 Å². The van der Waals surface area contributed by atoms with Gasteiger partial charge in [0.25, 0.3) is 5.91 Å². The number of rotatable bonds is 3. The molecular weight excluding hydrogens is 382 g/mol. The molecule has 3 heterocycles. The Balaban J connectivity index is 1.57. The SMILES string of the molecule is Cc1cccn2cc(-c3ccc(NC(=O)c4coc(Br)c4)cc3)nc12. The highest BCUT2D eigenvalue weighted by Crippen LogP contribution is 2.23. The Hall–Kier alpha value is -2.86. The third-order valence-electron chi connectivity index (χ3n) is 3.95. The predicted molar refractivity (Wildman–Crippen MR) is 99.7 cm³/mol. The van der Waals surface area contributed by atoms with Crippen LogP contribution in [0.15, 0.2) is 70.2 Å². The first kappa shape index (κ1) is 15.7. The van der Waals surface area contributed by atoms with Crippen molar-refractivity contribution in [2.75, 3.05) is 5.32 Å². The maximum atomic E-state index is 12.1. The second-order valence-corrected chi connectivity index (χ2v) is 6.50. The lowest BCUT2D eigenvalue weighted by atomic mass is 10.1. The molecule has 0 saturated carbocycles. The molecule has 1 N–H and O–H groups in total. The number of amides is 1. The second kappa shape index (κ2) is 6.22. The minimum Gasteiger partial charge on any atom is -0.457 e. The van der Waals surface area contributed by atoms with Crippen molar-refractivity contribution in [3.8, 4) is 11.3 Å². The number of imidazole rings is 1. The van der Waals surface area contributed by atoms with Crippen LogP contribution in [0.2, 0.25) is 0 Å². The van der Waals surface area contributed by atoms with Crippen molar-refractivity contribution in [1.29, 1.82) is 0 Å². The molecule has 0 atom stereocenters. The van der Waals surface area contributed by atoms with Crippen molar-refractivity contribution in [2.45, 2.75) is 6.92 Å². The Morgan fingerprint density at radius 3 is 2.72 bits per heavy atom. The van der Waals surface area contributed by atoms with E-state index < -0.39 is 0 Å². The number of nitrogens with zero attached hydrogens (tertiary/aromatic N) is 2. The second-order valence-electron chi connectivity index (χ2n) is 5.72. The van der Waals surface area contributed by atoms with Crippen molar-refractivity contribution in [1.82, 2.24) is 9.38 Å². The van der Waals surface area contributed by atoms with Gasteiger partial charge in [-0.3, -0.25) is 4.79 Å². The molecule has 6 heteroatoms. The number of hydrogen-bond acceptors (Lipinski definition) is 3. The molecule has 0 bridgehead atoms. The van der Waals surface area contributed by atoms with Gasteiger partial charge in [0, 0.05) is 29.7 Å². The number of carbonyl (C=O) groups excluding carboxylic acids is 1. The van der Waals surface area contributed by atoms with Crippen molar-refractivity contribution in [2.24, 2.45) is 0 Å². The van der Waals surface area contributed by atoms with E-state index in [-0.39, 0.29) is 5.91 Å². The standard InChI is InChI=1S/C19H14BrN3O2/c1-12-3-2-8-23-10-16(22-18(12)23)13-4-6-15(7-5-13)21-19(24)14-9-17(20)25-11-14/h2-11H,1H3,(H,21,24). The third-order valence-corrected chi connectivity index (χ3v) is 4.36. The van der Waals surface area contributed by atoms with Crippen molar-refractivity contribution < 1.29 is 9.21 Å². The number of aryl methyl sites for hydroxylation is 1. The molecule has 0 unspecified atom stereocenters. The Kier molecular flexibility index (Phi) is 3.89. The monoisotopic (exact) mass is 395 g/mol. The van der Waals surface area contributed by atoms with Crippen LogP contribution in [0.4, 0.5) is 5.69 Å². The lowest BCUT2D eigenvalue weighted by Crippen LogP contribution is -2.10. The van der Waals surface area contributed by atoms with Crippen LogP contribution in [-0.2, 0) is 0 Å². The molecule has 0 aliphatic heterocycles. The van der Waals surface area contributed by atoms with Gasteiger partial charge in [-0.25, -0.2) is 4.98 Å². The maximum absolute atomic E-state index is 12.1. The molecule has 0 aliphatic rings. The van der Waals surface area contributed by atoms with Crippen LogP contribution in [0.1, 0.15) is 15.9 Å². The number of hydrogen-bond donors (Lipinski definition) is 1. The molecule has 3 aromatic heterocycles. The molecule has 124 valence electrons. The van der Waals surface area contributed by atoms with Gasteiger partial charge in [-0.1, -0.05) is 18.2 Å². The highest BCUT2D eigenvalue weighted by Gasteiger charge is 2.10. The number of aromatic nitrogens is 2. The van der Waals surface area contributed by atoms with E-state index in [4.69, 9.17) is 4.42 Å². The number of furan rings is 1. The summed E-state index contributed by atoms with van der Waals surface area (Å²) in [6, 6.07) is 13.3. The Bertz CT molecular complexity index is 1060. The number of pyridine rings is 1. The largest absolute Gasteiger partial charge is 0.457 e. The molecule has 0 saturated heterocycles. The Morgan fingerprint density at radius 2 is 2.04 bits per heavy atom. The topological polar surface area (TPSA) is 59.5 Å². The summed E-state index contributed by atoms with van der Waals surface area (Å²) in [6.07, 6.45) is 5.39. The maximum Gasteiger partial charge on any atom is 0.258 e. The predicted octanol–water partition coefficient (Wildman–Crippen LogP) is 4.92. The number of fused-ring (bicyclic) bond motifs is 1. The minimum absolute atomic E-state index is 0.217. The lowest BCUT2D eigenvalue weighted by molar-refractivity contribution is 0.102. The van der Waals surface area contributed by atoms with Crippen molar-refractivity contribution >= 4 is 33.2 Å². The average Bonchev–Trinajstić information content (AvgIpc) is 3.23. The summed E-state index contributed by atoms with van der Waals surface area (Å²) in [6.45, 7) is 2.04. The van der Waals surface area contributed by atoms with Gasteiger partial charge in [0.15, 0.2) is 4.67 Å². The fourth-order valence-electron chi connectivity index (χ4n) is 2.65. The molecule has 0 fully saturated rings. The van der Waals surface area contributed by atoms with Crippen molar-refractivity contribution in [3.05, 3.63) is 76.9 Å². The van der Waals surface area contributed by atoms with Crippen LogP contribution < -0.4 is 5.32 Å². The fourth-order valence-corrected chi connectivity index (χ4v) is 2.99. The van der Waals surface area contributed by atoms with Crippen LogP contribution in [-0.4, -0.2) is 15.3 Å². The first-order chi connectivity index (χ1) is 12.1. The highest BCUT2D eigenvalue weighted by molar-refractivity contribution is 9.10. The molecule has 0 spiro atoms. The zero-order valence-corrected chi connectivity index (χ0v) is 14.9. The van der Waals surface area contributed by atoms with Crippen LogP contribution in [0, 0.1) is 6.92 Å². The average molecular weight is 396 g/mol. The summed E-state index contributed by atoms with van der Waals surface area (Å²) in [5.74, 6) is -0.217. The summed E-state index contributed by atoms with van der Waals surface area (Å²) in [5, 5.41) is 2.84.